The van der Waals surface area contributed by atoms with Crippen LogP contribution in [-0.4, -0.2) is 171 Å². The molecule has 7 heterocycles. The zero-order chi connectivity index (χ0) is 67.3. The lowest BCUT2D eigenvalue weighted by Crippen LogP contribution is -2.62. The molecular formula is C71H81N11O13. The first-order valence-electron chi connectivity index (χ1n) is 31.9. The number of fused-ring (bicyclic) bond motifs is 2. The van der Waals surface area contributed by atoms with Crippen molar-refractivity contribution in [3.63, 3.8) is 0 Å². The first-order valence-corrected chi connectivity index (χ1v) is 31.9. The summed E-state index contributed by atoms with van der Waals surface area (Å²) in [4.78, 5) is 114. The van der Waals surface area contributed by atoms with Crippen LogP contribution in [0.1, 0.15) is 68.5 Å². The maximum atomic E-state index is 15.3. The molecule has 7 aromatic rings. The van der Waals surface area contributed by atoms with E-state index in [9.17, 15) is 39.0 Å². The Kier molecular flexibility index (Phi) is 22.1. The van der Waals surface area contributed by atoms with Crippen LogP contribution in [0.3, 0.4) is 0 Å². The van der Waals surface area contributed by atoms with Gasteiger partial charge >= 0.3 is 11.9 Å². The minimum atomic E-state index is -1.45. The van der Waals surface area contributed by atoms with Crippen molar-refractivity contribution in [3.8, 4) is 11.4 Å². The maximum absolute atomic E-state index is 15.3. The van der Waals surface area contributed by atoms with Gasteiger partial charge < -0.3 is 66.5 Å². The van der Waals surface area contributed by atoms with Gasteiger partial charge in [0.15, 0.2) is 0 Å². The van der Waals surface area contributed by atoms with Crippen LogP contribution in [0, 0.1) is 5.41 Å². The van der Waals surface area contributed by atoms with Crippen LogP contribution in [0.25, 0.3) is 27.2 Å². The minimum Gasteiger partial charge on any atom is -0.490 e. The summed E-state index contributed by atoms with van der Waals surface area (Å²) in [5.74, 6) is -5.84. The molecule has 6 aromatic carbocycles. The SMILES string of the molecule is CN[C@@H](C)C(=O)N[C@H](C(=O)N1CCC2OCc3cn(nn3)-c3ccc(cc3)C[C@@H](C(=O)O)NC(=O)[C@H](Cc3ccc4ccccc4c3)NC(=O)[C@@H]3C[C@@H](CN3)OC/C=C/COc3ccc(cc3)C[C@@H](C(=O)O)NC(=O)[C@H](Cc3ccc4ccccc4c3)NC(=O)C21)C(C)(C)C. The van der Waals surface area contributed by atoms with E-state index in [4.69, 9.17) is 14.2 Å². The van der Waals surface area contributed by atoms with Crippen LogP contribution < -0.4 is 42.0 Å². The predicted molar refractivity (Wildman–Crippen MR) is 353 cm³/mol. The zero-order valence-corrected chi connectivity index (χ0v) is 53.7. The second kappa shape index (κ2) is 30.9. The Hall–Kier alpha value is -9.88. The van der Waals surface area contributed by atoms with Crippen LogP contribution >= 0.6 is 0 Å². The summed E-state index contributed by atoms with van der Waals surface area (Å²) in [5, 5.41) is 53.7. The Labute approximate surface area is 549 Å². The van der Waals surface area contributed by atoms with Crippen LogP contribution in [0.5, 0.6) is 5.75 Å². The van der Waals surface area contributed by atoms with Crippen molar-refractivity contribution in [1.29, 1.82) is 0 Å². The van der Waals surface area contributed by atoms with Gasteiger partial charge in [-0.05, 0) is 106 Å². The van der Waals surface area contributed by atoms with E-state index in [-0.39, 0.29) is 64.6 Å². The van der Waals surface area contributed by atoms with Crippen molar-refractivity contribution in [2.45, 2.75) is 133 Å². The van der Waals surface area contributed by atoms with Crippen LogP contribution in [0.4, 0.5) is 0 Å². The fraction of sp³-hybridized carbons (Fsp3) is 0.380. The molecule has 1 aromatic heterocycles. The van der Waals surface area contributed by atoms with Crippen molar-refractivity contribution >= 4 is 68.9 Å². The molecule has 0 saturated carbocycles. The van der Waals surface area contributed by atoms with E-state index in [0.29, 0.717) is 46.8 Å². The van der Waals surface area contributed by atoms with E-state index < -0.39 is 107 Å². The van der Waals surface area contributed by atoms with E-state index in [0.717, 1.165) is 27.1 Å². The van der Waals surface area contributed by atoms with Gasteiger partial charge in [0, 0.05) is 38.8 Å². The van der Waals surface area contributed by atoms with Gasteiger partial charge in [-0.3, -0.25) is 28.8 Å². The van der Waals surface area contributed by atoms with E-state index in [1.54, 1.807) is 102 Å². The molecule has 0 aliphatic carbocycles. The third kappa shape index (κ3) is 17.7. The number of carbonyl (C=O) groups excluding carboxylic acids is 6. The lowest BCUT2D eigenvalue weighted by molar-refractivity contribution is -0.147. The molecule has 8 bridgehead atoms. The lowest BCUT2D eigenvalue weighted by atomic mass is 9.85. The fourth-order valence-electron chi connectivity index (χ4n) is 12.0. The number of hydrogen-bond donors (Lipinski definition) is 9. The van der Waals surface area contributed by atoms with Crippen molar-refractivity contribution < 1.29 is 62.8 Å². The summed E-state index contributed by atoms with van der Waals surface area (Å²) in [5.41, 5.74) is 2.53. The minimum absolute atomic E-state index is 0.0101. The number of hydrogen-bond acceptors (Lipinski definition) is 15. The summed E-state index contributed by atoms with van der Waals surface area (Å²) in [6.45, 7) is 7.57. The number of benzene rings is 6. The number of carbonyl (C=O) groups is 8. The van der Waals surface area contributed by atoms with Crippen LogP contribution in [0.2, 0.25) is 0 Å². The van der Waals surface area contributed by atoms with Crippen molar-refractivity contribution in [1.82, 2.24) is 57.1 Å². The third-order valence-corrected chi connectivity index (χ3v) is 17.5. The first kappa shape index (κ1) is 68.0. The number of carboxylic acids is 2. The second-order valence-corrected chi connectivity index (χ2v) is 25.4. The van der Waals surface area contributed by atoms with Gasteiger partial charge in [-0.1, -0.05) is 141 Å². The largest absolute Gasteiger partial charge is 0.490 e. The number of likely N-dealkylation sites (tertiary alicyclic amines) is 1. The normalized spacial score (nSPS) is 23.1. The smallest absolute Gasteiger partial charge is 0.326 e. The van der Waals surface area contributed by atoms with Gasteiger partial charge in [0.2, 0.25) is 35.4 Å². The molecule has 6 aliphatic rings. The molecule has 2 unspecified atom stereocenters. The number of nitrogens with zero attached hydrogens (tertiary/aromatic N) is 4. The number of aromatic nitrogens is 3. The monoisotopic (exact) mass is 1300 g/mol. The molecule has 2 saturated heterocycles. The Morgan fingerprint density at radius 1 is 0.674 bits per heavy atom. The number of rotatable bonds is 10. The summed E-state index contributed by atoms with van der Waals surface area (Å²) >= 11 is 0. The average Bonchev–Trinajstić information content (AvgIpc) is 1.72. The third-order valence-electron chi connectivity index (χ3n) is 17.5. The van der Waals surface area contributed by atoms with Crippen LogP contribution in [-0.2, 0) is 80.1 Å². The number of likely N-dealkylation sites (N-methyl/N-ethyl adjacent to an activating group) is 1. The zero-order valence-electron chi connectivity index (χ0n) is 53.7. The Bertz CT molecular complexity index is 3950. The first-order chi connectivity index (χ1) is 45.7. The highest BCUT2D eigenvalue weighted by molar-refractivity contribution is 5.97. The molecule has 13 rings (SSSR count). The van der Waals surface area contributed by atoms with Gasteiger partial charge in [-0.25, -0.2) is 14.3 Å². The molecule has 10 atom stereocenters. The molecule has 24 nitrogen and oxygen atoms in total. The highest BCUT2D eigenvalue weighted by atomic mass is 16.5. The molecule has 6 amide bonds. The number of nitrogens with one attached hydrogen (secondary N) is 7. The highest BCUT2D eigenvalue weighted by Gasteiger charge is 2.48. The maximum Gasteiger partial charge on any atom is 0.326 e. The van der Waals surface area contributed by atoms with Gasteiger partial charge in [-0.15, -0.1) is 5.10 Å². The molecule has 24 heteroatoms. The summed E-state index contributed by atoms with van der Waals surface area (Å²) in [6, 6.07) is 31.0. The van der Waals surface area contributed by atoms with E-state index in [2.05, 4.69) is 47.5 Å². The van der Waals surface area contributed by atoms with Crippen LogP contribution in [0.15, 0.2) is 152 Å². The molecule has 6 aliphatic heterocycles. The predicted octanol–water partition coefficient (Wildman–Crippen LogP) is 4.27. The van der Waals surface area contributed by atoms with Gasteiger partial charge in [0.05, 0.1) is 49.4 Å². The van der Waals surface area contributed by atoms with E-state index in [1.807, 2.05) is 84.9 Å². The van der Waals surface area contributed by atoms with Gasteiger partial charge in [0.1, 0.15) is 54.3 Å². The Balaban J connectivity index is 0.935. The lowest BCUT2D eigenvalue weighted by Gasteiger charge is -2.37. The highest BCUT2D eigenvalue weighted by Crippen LogP contribution is 2.30. The average molecular weight is 1300 g/mol. The standard InChI is InChI=1S/C71H81N11O13/c1-42(72-5)63(83)78-62(71(2,3)4)68(88)81-29-28-60-61(81)67(87)75-57(37-46-17-23-48-13-7-9-15-50(48)33-46)66(86)77-59(70(91)92)35-44-20-26-53(27-21-44)93-30-10-11-31-94-54-38-55(73-39-54)64(84)74-56(36-45-16-22-47-12-6-8-14-49(47)32-45)65(85)76-58(69(89)90)34-43-18-24-52(25-19-43)82-40-51(41-95-60)79-80-82/h6-27,32-33,40,42,54-62,72-73H,28-31,34-39,41H2,1-5H3,(H,74,84)(H,75,87)(H,76,85)(H,77,86)(H,78,83)(H,89,90)(H,91,92)/b11-10+/t42-,54-,55-,56-,57-,58-,59-,60?,61?,62+/m0/s1. The quantitative estimate of drug-likeness (QED) is 0.0864. The summed E-state index contributed by atoms with van der Waals surface area (Å²) in [7, 11) is 1.62. The molecule has 9 N–H and O–H groups in total. The summed E-state index contributed by atoms with van der Waals surface area (Å²) < 4.78 is 20.0. The molecule has 498 valence electrons. The second-order valence-electron chi connectivity index (χ2n) is 25.4. The van der Waals surface area contributed by atoms with E-state index >= 15 is 9.59 Å². The van der Waals surface area contributed by atoms with E-state index in [1.165, 1.54) is 9.58 Å². The molecule has 0 radical (unpaired) electrons. The van der Waals surface area contributed by atoms with Crippen molar-refractivity contribution in [2.75, 3.05) is 33.4 Å². The van der Waals surface area contributed by atoms with Gasteiger partial charge in [0.25, 0.3) is 0 Å². The number of ether oxygens (including phenoxy) is 3. The Morgan fingerprint density at radius 2 is 1.23 bits per heavy atom. The number of amides is 6. The number of aliphatic carboxylic acids is 2. The number of carboxylic acid groups (broad SMARTS) is 2. The molecule has 95 heavy (non-hydrogen) atoms. The van der Waals surface area contributed by atoms with Crippen molar-refractivity contribution in [3.05, 3.63) is 180 Å². The van der Waals surface area contributed by atoms with Crippen molar-refractivity contribution in [2.24, 2.45) is 5.41 Å². The summed E-state index contributed by atoms with van der Waals surface area (Å²) in [6.07, 6.45) is 4.00. The fourth-order valence-corrected chi connectivity index (χ4v) is 12.0. The molecule has 2 fully saturated rings. The molecule has 0 spiro atoms. The Morgan fingerprint density at radius 3 is 1.80 bits per heavy atom. The van der Waals surface area contributed by atoms with Gasteiger partial charge in [-0.2, -0.15) is 0 Å². The molecular weight excluding hydrogens is 1210 g/mol. The topological polar surface area (TPSA) is 323 Å².